The molecule has 32 heavy (non-hydrogen) atoms. The van der Waals surface area contributed by atoms with Crippen molar-refractivity contribution < 1.29 is 15.7 Å². The van der Waals surface area contributed by atoms with Gasteiger partial charge in [0.25, 0.3) is 0 Å². The Morgan fingerprint density at radius 1 is 1.31 bits per heavy atom. The molecule has 0 spiro atoms. The number of hydrogen-bond donors (Lipinski definition) is 1. The highest BCUT2D eigenvalue weighted by Crippen LogP contribution is 2.41. The number of nitrogens with zero attached hydrogens (tertiary/aromatic N) is 2. The fourth-order valence-corrected chi connectivity index (χ4v) is 4.93. The lowest BCUT2D eigenvalue weighted by atomic mass is 9.69. The lowest BCUT2D eigenvalue weighted by molar-refractivity contribution is -0.138. The highest BCUT2D eigenvalue weighted by molar-refractivity contribution is 6.22. The third-order valence-electron chi connectivity index (χ3n) is 6.45. The number of nitrogens with one attached hydrogen (secondary N) is 1. The molecule has 6 nitrogen and oxygen atoms in total. The Balaban J connectivity index is 0.00000320. The van der Waals surface area contributed by atoms with Gasteiger partial charge >= 0.3 is 0 Å². The van der Waals surface area contributed by atoms with Crippen LogP contribution in [0.2, 0.25) is 0 Å². The molecule has 1 fully saturated rings. The smallest absolute Gasteiger partial charge is 0.239 e. The van der Waals surface area contributed by atoms with Crippen LogP contribution in [0.3, 0.4) is 0 Å². The monoisotopic (exact) mass is 469 g/mol. The van der Waals surface area contributed by atoms with E-state index in [0.29, 0.717) is 5.92 Å². The van der Waals surface area contributed by atoms with Crippen LogP contribution in [0.15, 0.2) is 40.9 Å². The van der Waals surface area contributed by atoms with Crippen LogP contribution in [0.5, 0.6) is 0 Å². The average Bonchev–Trinajstić information content (AvgIpc) is 2.68. The van der Waals surface area contributed by atoms with Gasteiger partial charge in [-0.1, -0.05) is 59.4 Å². The predicted octanol–water partition coefficient (Wildman–Crippen LogP) is 3.36. The molecular formula is C25H44ClN3O3. The number of alkyl halides is 1. The third-order valence-corrected chi connectivity index (χ3v) is 6.78. The van der Waals surface area contributed by atoms with Gasteiger partial charge in [-0.05, 0) is 48.2 Å². The second-order valence-electron chi connectivity index (χ2n) is 9.65. The summed E-state index contributed by atoms with van der Waals surface area (Å²) in [6, 6.07) is 0.0706. The van der Waals surface area contributed by atoms with E-state index >= 15 is 0 Å². The van der Waals surface area contributed by atoms with E-state index in [1.54, 1.807) is 0 Å². The van der Waals surface area contributed by atoms with Crippen LogP contribution in [-0.4, -0.2) is 65.1 Å². The Morgan fingerprint density at radius 3 is 2.56 bits per heavy atom. The first-order valence-electron chi connectivity index (χ1n) is 11.0. The van der Waals surface area contributed by atoms with Crippen molar-refractivity contribution in [2.45, 2.75) is 71.8 Å². The molecule has 0 radical (unpaired) electrons. The van der Waals surface area contributed by atoms with Crippen LogP contribution in [-0.2, 0) is 4.79 Å². The van der Waals surface area contributed by atoms with Crippen molar-refractivity contribution >= 4 is 23.7 Å². The summed E-state index contributed by atoms with van der Waals surface area (Å²) in [5, 5.41) is 3.63. The number of carbonyl (C=O) groups excluding carboxylic acids is 1. The molecule has 5 N–H and O–H groups in total. The first-order valence-corrected chi connectivity index (χ1v) is 11.4. The quantitative estimate of drug-likeness (QED) is 0.602. The summed E-state index contributed by atoms with van der Waals surface area (Å²) < 4.78 is 0. The van der Waals surface area contributed by atoms with E-state index < -0.39 is 0 Å². The molecule has 3 aliphatic rings. The minimum Gasteiger partial charge on any atom is -0.412 e. The predicted molar refractivity (Wildman–Crippen MR) is 137 cm³/mol. The van der Waals surface area contributed by atoms with Crippen molar-refractivity contribution in [1.29, 1.82) is 0 Å². The molecule has 3 unspecified atom stereocenters. The van der Waals surface area contributed by atoms with Crippen molar-refractivity contribution in [2.75, 3.05) is 19.6 Å². The Hall–Kier alpha value is -1.47. The first-order chi connectivity index (χ1) is 13.8. The summed E-state index contributed by atoms with van der Waals surface area (Å²) in [5.41, 5.74) is 1.43. The molecule has 0 aromatic rings. The maximum atomic E-state index is 13.4. The minimum absolute atomic E-state index is 0. The molecule has 1 amide bonds. The highest BCUT2D eigenvalue weighted by Gasteiger charge is 2.40. The zero-order valence-corrected chi connectivity index (χ0v) is 20.0. The van der Waals surface area contributed by atoms with Gasteiger partial charge in [-0.25, -0.2) is 0 Å². The second kappa shape index (κ2) is 13.3. The number of likely N-dealkylation sites (tertiary alicyclic amines) is 1. The van der Waals surface area contributed by atoms with Crippen LogP contribution in [0.25, 0.3) is 0 Å². The van der Waals surface area contributed by atoms with E-state index in [2.05, 4.69) is 67.2 Å². The van der Waals surface area contributed by atoms with Gasteiger partial charge in [-0.3, -0.25) is 9.79 Å². The van der Waals surface area contributed by atoms with E-state index in [9.17, 15) is 4.79 Å². The summed E-state index contributed by atoms with van der Waals surface area (Å²) in [6.07, 6.45) is 15.4. The fourth-order valence-electron chi connectivity index (χ4n) is 4.76. The van der Waals surface area contributed by atoms with Crippen LogP contribution < -0.4 is 5.32 Å². The largest absolute Gasteiger partial charge is 0.412 e. The Morgan fingerprint density at radius 2 is 2.03 bits per heavy atom. The number of halogens is 1. The summed E-state index contributed by atoms with van der Waals surface area (Å²) >= 11 is 6.20. The number of dihydropyridines is 1. The number of carbonyl (C=O) groups is 1. The molecule has 0 bridgehead atoms. The van der Waals surface area contributed by atoms with Crippen molar-refractivity contribution in [3.63, 3.8) is 0 Å². The number of hydrogen-bond acceptors (Lipinski definition) is 3. The van der Waals surface area contributed by atoms with E-state index in [1.807, 2.05) is 12.3 Å². The molecule has 1 saturated heterocycles. The van der Waals surface area contributed by atoms with Crippen molar-refractivity contribution in [3.8, 4) is 0 Å². The van der Waals surface area contributed by atoms with E-state index in [4.69, 9.17) is 11.6 Å². The second-order valence-corrected chi connectivity index (χ2v) is 10.2. The van der Waals surface area contributed by atoms with Crippen molar-refractivity contribution in [3.05, 3.63) is 36.0 Å². The maximum absolute atomic E-state index is 13.4. The van der Waals surface area contributed by atoms with E-state index in [-0.39, 0.29) is 53.1 Å². The molecule has 4 atom stereocenters. The average molecular weight is 470 g/mol. The number of allylic oxidation sites excluding steroid dienone is 5. The Bertz CT molecular complexity index is 715. The number of amides is 1. The van der Waals surface area contributed by atoms with Gasteiger partial charge in [-0.2, -0.15) is 0 Å². The number of piperidine rings is 1. The number of aliphatic imine (C=N–C) groups is 1. The van der Waals surface area contributed by atoms with Crippen LogP contribution in [0.1, 0.15) is 54.4 Å². The standard InChI is InChI=1S/C24H36ClN3O.CH4.2H2O/c1-17(2)22(27-15-20-7-5-6-13-26-20)23(29)28-14-12-21(24(3,4)16-28)18-8-10-19(25)11-9-18;;;/h5-6,8-10,13,17,19-22,27H,7,11-12,14-16H2,1-4H3;1H4;2*1H2/t19?,20?,21?,22-;;;/m1.../s1. The molecule has 0 aromatic carbocycles. The zero-order valence-electron chi connectivity index (χ0n) is 19.3. The van der Waals surface area contributed by atoms with Crippen LogP contribution in [0, 0.1) is 17.3 Å². The van der Waals surface area contributed by atoms with Crippen LogP contribution in [0.4, 0.5) is 0 Å². The summed E-state index contributed by atoms with van der Waals surface area (Å²) in [7, 11) is 0. The van der Waals surface area contributed by atoms with Gasteiger partial charge < -0.3 is 21.2 Å². The van der Waals surface area contributed by atoms with Gasteiger partial charge in [-0.15, -0.1) is 11.6 Å². The third kappa shape index (κ3) is 7.55. The molecular weight excluding hydrogens is 426 g/mol. The Kier molecular flexibility index (Phi) is 12.7. The van der Waals surface area contributed by atoms with Gasteiger partial charge in [0.05, 0.1) is 17.5 Å². The fraction of sp³-hybridized carbons (Fsp3) is 0.680. The topological polar surface area (TPSA) is 108 Å². The Labute approximate surface area is 199 Å². The van der Waals surface area contributed by atoms with Gasteiger partial charge in [0, 0.05) is 25.8 Å². The molecule has 3 rings (SSSR count). The molecule has 1 aliphatic carbocycles. The van der Waals surface area contributed by atoms with Crippen LogP contribution >= 0.6 is 11.6 Å². The normalized spacial score (nSPS) is 27.0. The lowest BCUT2D eigenvalue weighted by Crippen LogP contribution is -2.56. The SMILES string of the molecule is C.CC(C)[C@@H](NCC1CC=CC=N1)C(=O)N1CCC(C2=CCC(Cl)C=C2)C(C)(C)C1.O.O. The lowest BCUT2D eigenvalue weighted by Gasteiger charge is -2.46. The summed E-state index contributed by atoms with van der Waals surface area (Å²) in [6.45, 7) is 11.2. The molecule has 0 saturated carbocycles. The minimum atomic E-state index is -0.158. The molecule has 2 aliphatic heterocycles. The molecule has 7 heteroatoms. The highest BCUT2D eigenvalue weighted by atomic mass is 35.5. The van der Waals surface area contributed by atoms with Gasteiger partial charge in [0.1, 0.15) is 0 Å². The van der Waals surface area contributed by atoms with Crippen molar-refractivity contribution in [1.82, 2.24) is 10.2 Å². The first kappa shape index (κ1) is 30.5. The summed E-state index contributed by atoms with van der Waals surface area (Å²) in [4.78, 5) is 20.0. The summed E-state index contributed by atoms with van der Waals surface area (Å²) in [5.74, 6) is 0.952. The van der Waals surface area contributed by atoms with Crippen molar-refractivity contribution in [2.24, 2.45) is 22.2 Å². The van der Waals surface area contributed by atoms with Gasteiger partial charge in [0.15, 0.2) is 0 Å². The van der Waals surface area contributed by atoms with E-state index in [1.165, 1.54) is 5.57 Å². The van der Waals surface area contributed by atoms with E-state index in [0.717, 1.165) is 38.9 Å². The number of rotatable bonds is 6. The molecule has 2 heterocycles. The molecule has 0 aromatic heterocycles. The zero-order chi connectivity index (χ0) is 21.0. The van der Waals surface area contributed by atoms with Gasteiger partial charge in [0.2, 0.25) is 5.91 Å². The molecule has 184 valence electrons. The maximum Gasteiger partial charge on any atom is 0.239 e.